The molecule has 26 heavy (non-hydrogen) atoms. The number of aromatic hydroxyl groups is 1. The van der Waals surface area contributed by atoms with Gasteiger partial charge in [0.05, 0.1) is 11.3 Å². The summed E-state index contributed by atoms with van der Waals surface area (Å²) in [5, 5.41) is 10.8. The molecule has 7 heteroatoms. The SMILES string of the molecule is Cc1ccccc1-n1c(O)c([C@@H]2OC(=O)c3ccccc32)c(=O)[nH]c1=O. The molecule has 1 aliphatic heterocycles. The van der Waals surface area contributed by atoms with Crippen molar-refractivity contribution in [1.82, 2.24) is 9.55 Å². The molecule has 0 spiro atoms. The Labute approximate surface area is 147 Å². The maximum Gasteiger partial charge on any atom is 0.339 e. The number of carbonyl (C=O) groups is 1. The van der Waals surface area contributed by atoms with E-state index < -0.39 is 29.2 Å². The predicted molar refractivity (Wildman–Crippen MR) is 92.8 cm³/mol. The third kappa shape index (κ3) is 2.25. The number of aromatic amines is 1. The number of fused-ring (bicyclic) bond motifs is 1. The molecular weight excluding hydrogens is 336 g/mol. The van der Waals surface area contributed by atoms with Gasteiger partial charge in [0, 0.05) is 5.56 Å². The summed E-state index contributed by atoms with van der Waals surface area (Å²) in [4.78, 5) is 39.0. The number of nitrogens with zero attached hydrogens (tertiary/aromatic N) is 1. The summed E-state index contributed by atoms with van der Waals surface area (Å²) in [5.41, 5.74) is 0.177. The molecule has 0 amide bonds. The maximum atomic E-state index is 12.4. The van der Waals surface area contributed by atoms with Crippen molar-refractivity contribution in [3.63, 3.8) is 0 Å². The minimum atomic E-state index is -1.08. The Bertz CT molecular complexity index is 1160. The maximum absolute atomic E-state index is 12.4. The Hall–Kier alpha value is -3.61. The van der Waals surface area contributed by atoms with Gasteiger partial charge in [-0.05, 0) is 24.6 Å². The fraction of sp³-hybridized carbons (Fsp3) is 0.105. The zero-order valence-corrected chi connectivity index (χ0v) is 13.7. The van der Waals surface area contributed by atoms with Gasteiger partial charge in [-0.1, -0.05) is 36.4 Å². The van der Waals surface area contributed by atoms with Crippen molar-refractivity contribution < 1.29 is 14.6 Å². The van der Waals surface area contributed by atoms with Gasteiger partial charge in [-0.25, -0.2) is 14.2 Å². The van der Waals surface area contributed by atoms with E-state index in [1.807, 2.05) is 0 Å². The van der Waals surface area contributed by atoms with E-state index in [0.29, 0.717) is 16.8 Å². The molecule has 3 aromatic rings. The molecule has 0 saturated carbocycles. The highest BCUT2D eigenvalue weighted by molar-refractivity contribution is 5.94. The van der Waals surface area contributed by atoms with E-state index in [-0.39, 0.29) is 5.56 Å². The number of hydrogen-bond acceptors (Lipinski definition) is 5. The van der Waals surface area contributed by atoms with Crippen LogP contribution in [0.2, 0.25) is 0 Å². The number of aromatic nitrogens is 2. The van der Waals surface area contributed by atoms with E-state index in [0.717, 1.165) is 10.1 Å². The van der Waals surface area contributed by atoms with Crippen molar-refractivity contribution in [2.45, 2.75) is 13.0 Å². The van der Waals surface area contributed by atoms with Gasteiger partial charge in [0.1, 0.15) is 5.56 Å². The number of aryl methyl sites for hydroxylation is 1. The molecule has 1 aromatic heterocycles. The number of rotatable bonds is 2. The van der Waals surface area contributed by atoms with Crippen LogP contribution in [0.1, 0.15) is 33.2 Å². The minimum Gasteiger partial charge on any atom is -0.494 e. The molecule has 2 N–H and O–H groups in total. The lowest BCUT2D eigenvalue weighted by Gasteiger charge is -2.16. The Kier molecular flexibility index (Phi) is 3.50. The second kappa shape index (κ2) is 5.73. The van der Waals surface area contributed by atoms with Crippen LogP contribution in [0.5, 0.6) is 5.88 Å². The highest BCUT2D eigenvalue weighted by Gasteiger charge is 2.36. The van der Waals surface area contributed by atoms with Crippen LogP contribution in [-0.2, 0) is 4.74 Å². The van der Waals surface area contributed by atoms with E-state index in [2.05, 4.69) is 4.98 Å². The molecule has 1 aliphatic rings. The fourth-order valence-corrected chi connectivity index (χ4v) is 3.17. The lowest BCUT2D eigenvalue weighted by atomic mass is 10.0. The molecule has 2 heterocycles. The summed E-state index contributed by atoms with van der Waals surface area (Å²) in [6.45, 7) is 1.77. The van der Waals surface area contributed by atoms with Crippen LogP contribution in [0.4, 0.5) is 0 Å². The number of esters is 1. The third-order valence-corrected chi connectivity index (χ3v) is 4.43. The van der Waals surface area contributed by atoms with E-state index in [9.17, 15) is 19.5 Å². The smallest absolute Gasteiger partial charge is 0.339 e. The fourth-order valence-electron chi connectivity index (χ4n) is 3.17. The van der Waals surface area contributed by atoms with Crippen molar-refractivity contribution in [2.24, 2.45) is 0 Å². The Morgan fingerprint density at radius 1 is 1.04 bits per heavy atom. The Morgan fingerprint density at radius 2 is 1.73 bits per heavy atom. The van der Waals surface area contributed by atoms with E-state index in [1.165, 1.54) is 0 Å². The molecule has 1 atom stereocenters. The number of H-pyrrole nitrogens is 1. The topological polar surface area (TPSA) is 101 Å². The predicted octanol–water partition coefficient (Wildman–Crippen LogP) is 1.80. The van der Waals surface area contributed by atoms with Crippen molar-refractivity contribution in [3.8, 4) is 11.6 Å². The Balaban J connectivity index is 1.99. The average molecular weight is 350 g/mol. The molecule has 0 saturated heterocycles. The van der Waals surface area contributed by atoms with E-state index in [1.54, 1.807) is 55.5 Å². The van der Waals surface area contributed by atoms with Gasteiger partial charge < -0.3 is 9.84 Å². The molecule has 130 valence electrons. The summed E-state index contributed by atoms with van der Waals surface area (Å²) in [5.74, 6) is -1.14. The van der Waals surface area contributed by atoms with Crippen LogP contribution < -0.4 is 11.2 Å². The summed E-state index contributed by atoms with van der Waals surface area (Å²) >= 11 is 0. The van der Waals surface area contributed by atoms with Gasteiger partial charge >= 0.3 is 11.7 Å². The largest absolute Gasteiger partial charge is 0.494 e. The number of nitrogens with one attached hydrogen (secondary N) is 1. The molecule has 0 bridgehead atoms. The molecule has 4 rings (SSSR count). The van der Waals surface area contributed by atoms with Crippen LogP contribution in [0.25, 0.3) is 5.69 Å². The average Bonchev–Trinajstić information content (AvgIpc) is 2.93. The second-order valence-corrected chi connectivity index (χ2v) is 5.99. The van der Waals surface area contributed by atoms with Gasteiger partial charge in [-0.15, -0.1) is 0 Å². The zero-order chi connectivity index (χ0) is 18.4. The van der Waals surface area contributed by atoms with Gasteiger partial charge in [-0.3, -0.25) is 9.78 Å². The normalized spacial score (nSPS) is 15.6. The number of cyclic esters (lactones) is 1. The standard InChI is InChI=1S/C19H14N2O5/c1-10-6-2-5-9-13(10)21-17(23)14(16(22)20-19(21)25)15-11-7-3-4-8-12(11)18(24)26-15/h2-9,15,23H,1H3,(H,20,22,25)/t15-/m1/s1. The lowest BCUT2D eigenvalue weighted by molar-refractivity contribution is 0.0449. The summed E-state index contributed by atoms with van der Waals surface area (Å²) < 4.78 is 6.31. The number of benzene rings is 2. The molecule has 7 nitrogen and oxygen atoms in total. The molecule has 0 unspecified atom stereocenters. The first kappa shape index (κ1) is 15.9. The molecular formula is C19H14N2O5. The molecule has 2 aromatic carbocycles. The molecule has 0 aliphatic carbocycles. The van der Waals surface area contributed by atoms with Crippen LogP contribution in [0.3, 0.4) is 0 Å². The first-order valence-corrected chi connectivity index (χ1v) is 7.93. The highest BCUT2D eigenvalue weighted by atomic mass is 16.5. The molecule has 0 radical (unpaired) electrons. The van der Waals surface area contributed by atoms with Crippen LogP contribution in [0, 0.1) is 6.92 Å². The number of carbonyl (C=O) groups excluding carboxylic acids is 1. The van der Waals surface area contributed by atoms with Gasteiger partial charge in [0.25, 0.3) is 5.56 Å². The first-order valence-electron chi connectivity index (χ1n) is 7.93. The lowest BCUT2D eigenvalue weighted by Crippen LogP contribution is -2.33. The van der Waals surface area contributed by atoms with Crippen LogP contribution in [-0.4, -0.2) is 20.6 Å². The van der Waals surface area contributed by atoms with Crippen molar-refractivity contribution in [1.29, 1.82) is 0 Å². The van der Waals surface area contributed by atoms with Gasteiger partial charge in [0.15, 0.2) is 6.10 Å². The van der Waals surface area contributed by atoms with E-state index >= 15 is 0 Å². The number of hydrogen-bond donors (Lipinski definition) is 2. The monoisotopic (exact) mass is 350 g/mol. The van der Waals surface area contributed by atoms with Crippen LogP contribution in [0.15, 0.2) is 58.1 Å². The van der Waals surface area contributed by atoms with E-state index in [4.69, 9.17) is 4.74 Å². The van der Waals surface area contributed by atoms with Crippen LogP contribution >= 0.6 is 0 Å². The quantitative estimate of drug-likeness (QED) is 0.686. The molecule has 0 fully saturated rings. The summed E-state index contributed by atoms with van der Waals surface area (Å²) in [7, 11) is 0. The zero-order valence-electron chi connectivity index (χ0n) is 13.7. The highest BCUT2D eigenvalue weighted by Crippen LogP contribution is 2.37. The van der Waals surface area contributed by atoms with Gasteiger partial charge in [-0.2, -0.15) is 0 Å². The third-order valence-electron chi connectivity index (χ3n) is 4.43. The number of ether oxygens (including phenoxy) is 1. The van der Waals surface area contributed by atoms with Crippen molar-refractivity contribution in [2.75, 3.05) is 0 Å². The Morgan fingerprint density at radius 3 is 2.50 bits per heavy atom. The second-order valence-electron chi connectivity index (χ2n) is 5.99. The van der Waals surface area contributed by atoms with Crippen molar-refractivity contribution >= 4 is 5.97 Å². The summed E-state index contributed by atoms with van der Waals surface area (Å²) in [6.07, 6.45) is -1.08. The van der Waals surface area contributed by atoms with Crippen molar-refractivity contribution in [3.05, 3.63) is 91.6 Å². The van der Waals surface area contributed by atoms with Gasteiger partial charge in [0.2, 0.25) is 5.88 Å². The minimum absolute atomic E-state index is 0.189. The summed E-state index contributed by atoms with van der Waals surface area (Å²) in [6, 6.07) is 13.5. The first-order chi connectivity index (χ1) is 12.5. The number of para-hydroxylation sites is 1.